The van der Waals surface area contributed by atoms with Crippen molar-refractivity contribution in [3.05, 3.63) is 48.6 Å². The van der Waals surface area contributed by atoms with E-state index in [0.717, 1.165) is 29.4 Å². The van der Waals surface area contributed by atoms with Gasteiger partial charge in [-0.05, 0) is 29.9 Å². The second kappa shape index (κ2) is 8.55. The maximum atomic E-state index is 4.55. The third kappa shape index (κ3) is 4.49. The molecule has 2 aromatic heterocycles. The third-order valence-corrected chi connectivity index (χ3v) is 5.80. The molecule has 0 saturated heterocycles. The van der Waals surface area contributed by atoms with Gasteiger partial charge in [0.05, 0.1) is 5.69 Å². The van der Waals surface area contributed by atoms with Crippen LogP contribution in [0.1, 0.15) is 57.4 Å². The Hall–Kier alpha value is -2.36. The Kier molecular flexibility index (Phi) is 5.71. The Labute approximate surface area is 162 Å². The molecule has 4 nitrogen and oxygen atoms in total. The number of hydrogen-bond acceptors (Lipinski definition) is 3. The lowest BCUT2D eigenvalue weighted by Gasteiger charge is -2.16. The number of hydrogen-bond donors (Lipinski definition) is 1. The highest BCUT2D eigenvalue weighted by molar-refractivity contribution is 6.10. The van der Waals surface area contributed by atoms with Crippen LogP contribution in [0.5, 0.6) is 0 Å². The summed E-state index contributed by atoms with van der Waals surface area (Å²) in [4.78, 5) is 8.94. The van der Waals surface area contributed by atoms with Gasteiger partial charge >= 0.3 is 0 Å². The minimum Gasteiger partial charge on any atom is -0.382 e. The van der Waals surface area contributed by atoms with Gasteiger partial charge < -0.3 is 9.72 Å². The maximum absolute atomic E-state index is 4.55. The van der Waals surface area contributed by atoms with E-state index in [-0.39, 0.29) is 0 Å². The van der Waals surface area contributed by atoms with Crippen molar-refractivity contribution in [2.75, 3.05) is 11.9 Å². The van der Waals surface area contributed by atoms with Gasteiger partial charge in [-0.2, -0.15) is 0 Å². The fraction of sp³-hybridized carbons (Fsp3) is 0.478. The first kappa shape index (κ1) is 18.0. The first-order valence-corrected chi connectivity index (χ1v) is 10.4. The predicted molar refractivity (Wildman–Crippen MR) is 114 cm³/mol. The summed E-state index contributed by atoms with van der Waals surface area (Å²) in [6, 6.07) is 2.23. The summed E-state index contributed by atoms with van der Waals surface area (Å²) in [5.41, 5.74) is 4.45. The monoisotopic (exact) mass is 362 g/mol. The Morgan fingerprint density at radius 2 is 2.04 bits per heavy atom. The lowest BCUT2D eigenvalue weighted by molar-refractivity contribution is 0.439. The van der Waals surface area contributed by atoms with Gasteiger partial charge in [-0.1, -0.05) is 57.6 Å². The van der Waals surface area contributed by atoms with Gasteiger partial charge in [0.25, 0.3) is 0 Å². The normalized spacial score (nSPS) is 21.1. The minimum atomic E-state index is 0.382. The Bertz CT molecular complexity index is 850. The molecule has 1 saturated carbocycles. The summed E-state index contributed by atoms with van der Waals surface area (Å²) in [5, 5.41) is 3.68. The fourth-order valence-electron chi connectivity index (χ4n) is 4.25. The van der Waals surface area contributed by atoms with E-state index in [0.29, 0.717) is 5.92 Å². The number of imidazole rings is 1. The van der Waals surface area contributed by atoms with Crippen molar-refractivity contribution in [2.24, 2.45) is 16.8 Å². The Morgan fingerprint density at radius 1 is 1.19 bits per heavy atom. The molecular weight excluding hydrogens is 332 g/mol. The van der Waals surface area contributed by atoms with E-state index in [1.165, 1.54) is 50.5 Å². The summed E-state index contributed by atoms with van der Waals surface area (Å²) in [7, 11) is 0. The molecule has 27 heavy (non-hydrogen) atoms. The van der Waals surface area contributed by atoms with Gasteiger partial charge in [0.2, 0.25) is 0 Å². The zero-order valence-corrected chi connectivity index (χ0v) is 16.3. The van der Waals surface area contributed by atoms with E-state index in [4.69, 9.17) is 0 Å². The molecule has 1 aliphatic carbocycles. The average Bonchev–Trinajstić information content (AvgIpc) is 2.86. The van der Waals surface area contributed by atoms with Crippen molar-refractivity contribution in [3.8, 4) is 0 Å². The molecule has 1 atom stereocenters. The van der Waals surface area contributed by atoms with Crippen LogP contribution in [0.2, 0.25) is 0 Å². The van der Waals surface area contributed by atoms with Crippen molar-refractivity contribution in [1.29, 1.82) is 0 Å². The van der Waals surface area contributed by atoms with Crippen LogP contribution in [0, 0.1) is 11.8 Å². The first-order chi connectivity index (χ1) is 13.3. The van der Waals surface area contributed by atoms with E-state index in [1.807, 2.05) is 24.8 Å². The molecular formula is C23H30N4. The predicted octanol–water partition coefficient (Wildman–Crippen LogP) is 5.72. The zero-order valence-electron chi connectivity index (χ0n) is 16.3. The molecule has 0 radical (unpaired) electrons. The fourth-order valence-corrected chi connectivity index (χ4v) is 4.25. The van der Waals surface area contributed by atoms with Crippen LogP contribution in [0.4, 0.5) is 5.69 Å². The van der Waals surface area contributed by atoms with Crippen molar-refractivity contribution in [3.63, 3.8) is 0 Å². The highest BCUT2D eigenvalue weighted by Gasteiger charge is 2.13. The van der Waals surface area contributed by atoms with Gasteiger partial charge in [0.1, 0.15) is 0 Å². The van der Waals surface area contributed by atoms with Crippen LogP contribution in [-0.4, -0.2) is 22.1 Å². The molecule has 142 valence electrons. The summed E-state index contributed by atoms with van der Waals surface area (Å²) >= 11 is 0. The van der Waals surface area contributed by atoms with Crippen molar-refractivity contribution >= 4 is 23.1 Å². The standard InChI is InChI=1S/C23H30N4/c1-18-8-10-24-16-20(14-18)21-15-22(23-26-12-13-27(23)17-21)25-11-9-19-6-4-2-3-5-7-19/h8,10,12-19,25H,2-7,9,11H2,1H3. The number of anilines is 1. The smallest absolute Gasteiger partial charge is 0.160 e. The third-order valence-electron chi connectivity index (χ3n) is 5.80. The summed E-state index contributed by atoms with van der Waals surface area (Å²) in [6.07, 6.45) is 24.0. The molecule has 2 aliphatic rings. The molecule has 4 rings (SSSR count). The van der Waals surface area contributed by atoms with Crippen molar-refractivity contribution in [2.45, 2.75) is 51.9 Å². The van der Waals surface area contributed by atoms with Gasteiger partial charge in [0.15, 0.2) is 5.65 Å². The molecule has 0 amide bonds. The van der Waals surface area contributed by atoms with Crippen molar-refractivity contribution in [1.82, 2.24) is 9.38 Å². The van der Waals surface area contributed by atoms with E-state index in [9.17, 15) is 0 Å². The average molecular weight is 363 g/mol. The highest BCUT2D eigenvalue weighted by Crippen LogP contribution is 2.27. The molecule has 1 aliphatic heterocycles. The minimum absolute atomic E-state index is 0.382. The molecule has 1 N–H and O–H groups in total. The molecule has 1 unspecified atom stereocenters. The SMILES string of the molecule is CC1C=CN=CC(c2cc(NCCC3CCCCCC3)c3nccn3c2)=C1. The lowest BCUT2D eigenvalue weighted by Crippen LogP contribution is -2.10. The second-order valence-corrected chi connectivity index (χ2v) is 7.97. The molecule has 1 fully saturated rings. The summed E-state index contributed by atoms with van der Waals surface area (Å²) < 4.78 is 2.11. The number of nitrogens with zero attached hydrogens (tertiary/aromatic N) is 3. The number of allylic oxidation sites excluding steroid dienone is 3. The van der Waals surface area contributed by atoms with Crippen LogP contribution in [0.25, 0.3) is 11.2 Å². The number of aliphatic imine (C=N–C) groups is 1. The molecule has 2 aromatic rings. The van der Waals surface area contributed by atoms with E-state index in [1.54, 1.807) is 0 Å². The van der Waals surface area contributed by atoms with Crippen LogP contribution in [0.15, 0.2) is 48.0 Å². The highest BCUT2D eigenvalue weighted by atomic mass is 15.0. The van der Waals surface area contributed by atoms with E-state index >= 15 is 0 Å². The maximum Gasteiger partial charge on any atom is 0.160 e. The number of fused-ring (bicyclic) bond motifs is 1. The quantitative estimate of drug-likeness (QED) is 0.691. The summed E-state index contributed by atoms with van der Waals surface area (Å²) in [5.74, 6) is 1.26. The van der Waals surface area contributed by atoms with Crippen LogP contribution in [0.3, 0.4) is 0 Å². The van der Waals surface area contributed by atoms with Crippen LogP contribution in [-0.2, 0) is 0 Å². The molecule has 0 aromatic carbocycles. The number of pyridine rings is 1. The van der Waals surface area contributed by atoms with E-state index in [2.05, 4.69) is 51.0 Å². The summed E-state index contributed by atoms with van der Waals surface area (Å²) in [6.45, 7) is 3.20. The van der Waals surface area contributed by atoms with Gasteiger partial charge in [-0.25, -0.2) is 4.98 Å². The van der Waals surface area contributed by atoms with Gasteiger partial charge in [-0.3, -0.25) is 4.99 Å². The topological polar surface area (TPSA) is 41.7 Å². The Morgan fingerprint density at radius 3 is 2.89 bits per heavy atom. The molecule has 4 heteroatoms. The molecule has 3 heterocycles. The molecule has 0 bridgehead atoms. The largest absolute Gasteiger partial charge is 0.382 e. The van der Waals surface area contributed by atoms with Crippen molar-refractivity contribution < 1.29 is 0 Å². The lowest BCUT2D eigenvalue weighted by atomic mass is 9.96. The molecule has 0 spiro atoms. The zero-order chi connectivity index (χ0) is 18.5. The second-order valence-electron chi connectivity index (χ2n) is 7.97. The number of aromatic nitrogens is 2. The van der Waals surface area contributed by atoms with Crippen LogP contribution >= 0.6 is 0 Å². The Balaban J connectivity index is 1.52. The van der Waals surface area contributed by atoms with Gasteiger partial charge in [0, 0.05) is 43.1 Å². The number of rotatable bonds is 5. The number of nitrogens with one attached hydrogen (secondary N) is 1. The van der Waals surface area contributed by atoms with Gasteiger partial charge in [-0.15, -0.1) is 0 Å². The van der Waals surface area contributed by atoms with Crippen LogP contribution < -0.4 is 5.32 Å². The first-order valence-electron chi connectivity index (χ1n) is 10.4. The van der Waals surface area contributed by atoms with E-state index < -0.39 is 0 Å².